The number of fused-ring (bicyclic) bond motifs is 1. The Balaban J connectivity index is 1.52. The Hall–Kier alpha value is -2.36. The predicted octanol–water partition coefficient (Wildman–Crippen LogP) is 2.99. The first kappa shape index (κ1) is 20.9. The van der Waals surface area contributed by atoms with E-state index >= 15 is 0 Å². The van der Waals surface area contributed by atoms with Crippen LogP contribution in [0.25, 0.3) is 10.2 Å². The predicted molar refractivity (Wildman–Crippen MR) is 120 cm³/mol. The van der Waals surface area contributed by atoms with Crippen molar-refractivity contribution in [3.8, 4) is 5.75 Å². The quantitative estimate of drug-likeness (QED) is 0.581. The molecule has 1 saturated heterocycles. The Kier molecular flexibility index (Phi) is 5.86. The van der Waals surface area contributed by atoms with E-state index in [1.807, 2.05) is 31.2 Å². The van der Waals surface area contributed by atoms with Crippen LogP contribution in [0.1, 0.15) is 13.3 Å². The smallest absolute Gasteiger partial charge is 0.308 e. The topological polar surface area (TPSA) is 71.9 Å². The molecule has 0 saturated carbocycles. The van der Waals surface area contributed by atoms with E-state index in [1.165, 1.54) is 4.31 Å². The Morgan fingerprint density at radius 2 is 1.73 bits per heavy atom. The van der Waals surface area contributed by atoms with Crippen LogP contribution in [0.4, 0.5) is 5.69 Å². The van der Waals surface area contributed by atoms with Crippen LogP contribution in [-0.2, 0) is 16.6 Å². The van der Waals surface area contributed by atoms with Crippen LogP contribution in [0.5, 0.6) is 5.75 Å². The molecule has 1 aliphatic heterocycles. The number of ether oxygens (including phenoxy) is 1. The van der Waals surface area contributed by atoms with Crippen molar-refractivity contribution in [3.63, 3.8) is 0 Å². The molecule has 0 radical (unpaired) electrons. The molecule has 2 heterocycles. The summed E-state index contributed by atoms with van der Waals surface area (Å²) in [6, 6.07) is 12.8. The van der Waals surface area contributed by atoms with Gasteiger partial charge in [0.25, 0.3) is 0 Å². The van der Waals surface area contributed by atoms with Crippen molar-refractivity contribution in [1.29, 1.82) is 0 Å². The Labute approximate surface area is 180 Å². The van der Waals surface area contributed by atoms with Gasteiger partial charge in [0.1, 0.15) is 5.75 Å². The van der Waals surface area contributed by atoms with Crippen LogP contribution in [0, 0.1) is 0 Å². The summed E-state index contributed by atoms with van der Waals surface area (Å²) < 4.78 is 35.5. The Morgan fingerprint density at radius 1 is 1.03 bits per heavy atom. The van der Waals surface area contributed by atoms with E-state index in [9.17, 15) is 13.2 Å². The highest BCUT2D eigenvalue weighted by Crippen LogP contribution is 2.26. The third-order valence-electron chi connectivity index (χ3n) is 5.40. The zero-order valence-electron chi connectivity index (χ0n) is 17.1. The molecular weight excluding hydrogens is 422 g/mol. The molecule has 160 valence electrons. The lowest BCUT2D eigenvalue weighted by atomic mass is 10.2. The van der Waals surface area contributed by atoms with Crippen molar-refractivity contribution < 1.29 is 13.2 Å². The molecule has 0 amide bonds. The maximum absolute atomic E-state index is 13.2. The second kappa shape index (κ2) is 8.41. The number of benzene rings is 2. The minimum absolute atomic E-state index is 0.0468. The summed E-state index contributed by atoms with van der Waals surface area (Å²) in [4.78, 5) is 14.6. The average Bonchev–Trinajstić information content (AvgIpc) is 3.08. The average molecular weight is 448 g/mol. The van der Waals surface area contributed by atoms with Gasteiger partial charge in [0.05, 0.1) is 22.2 Å². The molecule has 0 bridgehead atoms. The molecule has 3 aromatic rings. The van der Waals surface area contributed by atoms with E-state index in [2.05, 4.69) is 4.90 Å². The summed E-state index contributed by atoms with van der Waals surface area (Å²) in [6.07, 6.45) is 0.851. The number of aryl methyl sites for hydroxylation is 1. The van der Waals surface area contributed by atoms with Crippen molar-refractivity contribution in [1.82, 2.24) is 8.87 Å². The van der Waals surface area contributed by atoms with Crippen LogP contribution in [0.15, 0.2) is 52.2 Å². The lowest BCUT2D eigenvalue weighted by Gasteiger charge is -2.35. The molecule has 1 aromatic heterocycles. The molecule has 0 aliphatic carbocycles. The number of piperazine rings is 1. The van der Waals surface area contributed by atoms with Gasteiger partial charge in [0.2, 0.25) is 10.0 Å². The van der Waals surface area contributed by atoms with Crippen LogP contribution >= 0.6 is 11.3 Å². The number of thiazole rings is 1. The number of hydrogen-bond donors (Lipinski definition) is 0. The van der Waals surface area contributed by atoms with Gasteiger partial charge < -0.3 is 9.64 Å². The Bertz CT molecular complexity index is 1190. The molecular formula is C21H25N3O4S2. The number of hydrogen-bond acceptors (Lipinski definition) is 6. The van der Waals surface area contributed by atoms with E-state index in [4.69, 9.17) is 4.74 Å². The largest absolute Gasteiger partial charge is 0.497 e. The minimum Gasteiger partial charge on any atom is -0.497 e. The van der Waals surface area contributed by atoms with Gasteiger partial charge in [-0.2, -0.15) is 4.31 Å². The van der Waals surface area contributed by atoms with E-state index in [0.717, 1.165) is 34.7 Å². The lowest BCUT2D eigenvalue weighted by molar-refractivity contribution is 0.385. The number of methoxy groups -OCH3 is 1. The van der Waals surface area contributed by atoms with Gasteiger partial charge in [0, 0.05) is 38.4 Å². The standard InChI is InChI=1S/C21H25N3O4S2/c1-3-10-24-19-9-8-18(15-20(19)29-21(24)25)30(26,27)23-13-11-22(12-14-23)16-4-6-17(28-2)7-5-16/h4-9,15H,3,10-14H2,1-2H3. The van der Waals surface area contributed by atoms with Crippen molar-refractivity contribution >= 4 is 37.3 Å². The van der Waals surface area contributed by atoms with Gasteiger partial charge >= 0.3 is 4.87 Å². The van der Waals surface area contributed by atoms with Crippen LogP contribution in [0.2, 0.25) is 0 Å². The fourth-order valence-electron chi connectivity index (χ4n) is 3.77. The summed E-state index contributed by atoms with van der Waals surface area (Å²) in [6.45, 7) is 4.72. The summed E-state index contributed by atoms with van der Waals surface area (Å²) in [5.74, 6) is 0.797. The van der Waals surface area contributed by atoms with Gasteiger partial charge in [0.15, 0.2) is 0 Å². The molecule has 7 nitrogen and oxygen atoms in total. The zero-order chi connectivity index (χ0) is 21.3. The maximum atomic E-state index is 13.2. The second-order valence-electron chi connectivity index (χ2n) is 7.24. The SMILES string of the molecule is CCCn1c(=O)sc2cc(S(=O)(=O)N3CCN(c4ccc(OC)cc4)CC3)ccc21. The van der Waals surface area contributed by atoms with Crippen molar-refractivity contribution in [2.24, 2.45) is 0 Å². The zero-order valence-corrected chi connectivity index (χ0v) is 18.7. The first-order chi connectivity index (χ1) is 14.4. The van der Waals surface area contributed by atoms with Gasteiger partial charge in [-0.05, 0) is 48.9 Å². The highest BCUT2D eigenvalue weighted by atomic mass is 32.2. The maximum Gasteiger partial charge on any atom is 0.308 e. The van der Waals surface area contributed by atoms with Crippen LogP contribution in [-0.4, -0.2) is 50.6 Å². The molecule has 0 spiro atoms. The molecule has 2 aromatic carbocycles. The van der Waals surface area contributed by atoms with Gasteiger partial charge in [-0.15, -0.1) is 0 Å². The van der Waals surface area contributed by atoms with Crippen molar-refractivity contribution in [3.05, 3.63) is 52.1 Å². The molecule has 30 heavy (non-hydrogen) atoms. The number of anilines is 1. The highest BCUT2D eigenvalue weighted by molar-refractivity contribution is 7.89. The molecule has 1 fully saturated rings. The van der Waals surface area contributed by atoms with Crippen molar-refractivity contribution in [2.75, 3.05) is 38.2 Å². The third-order valence-corrected chi connectivity index (χ3v) is 8.24. The van der Waals surface area contributed by atoms with E-state index in [0.29, 0.717) is 37.4 Å². The van der Waals surface area contributed by atoms with E-state index in [1.54, 1.807) is 29.9 Å². The summed E-state index contributed by atoms with van der Waals surface area (Å²) >= 11 is 1.10. The third kappa shape index (κ3) is 3.84. The molecule has 0 unspecified atom stereocenters. The highest BCUT2D eigenvalue weighted by Gasteiger charge is 2.29. The molecule has 0 N–H and O–H groups in total. The van der Waals surface area contributed by atoms with E-state index < -0.39 is 10.0 Å². The molecule has 4 rings (SSSR count). The summed E-state index contributed by atoms with van der Waals surface area (Å²) in [5.41, 5.74) is 1.85. The minimum atomic E-state index is -3.60. The summed E-state index contributed by atoms with van der Waals surface area (Å²) in [5, 5.41) is 0. The van der Waals surface area contributed by atoms with Gasteiger partial charge in [-0.25, -0.2) is 8.42 Å². The first-order valence-corrected chi connectivity index (χ1v) is 12.2. The van der Waals surface area contributed by atoms with Crippen LogP contribution in [0.3, 0.4) is 0 Å². The summed E-state index contributed by atoms with van der Waals surface area (Å²) in [7, 11) is -1.97. The number of rotatable bonds is 6. The van der Waals surface area contributed by atoms with Crippen molar-refractivity contribution in [2.45, 2.75) is 24.8 Å². The molecule has 0 atom stereocenters. The number of sulfonamides is 1. The lowest BCUT2D eigenvalue weighted by Crippen LogP contribution is -2.48. The fraction of sp³-hybridized carbons (Fsp3) is 0.381. The van der Waals surface area contributed by atoms with E-state index in [-0.39, 0.29) is 9.77 Å². The fourth-order valence-corrected chi connectivity index (χ4v) is 6.25. The molecule has 1 aliphatic rings. The second-order valence-corrected chi connectivity index (χ2v) is 10.2. The normalized spacial score (nSPS) is 15.6. The number of aromatic nitrogens is 1. The van der Waals surface area contributed by atoms with Crippen LogP contribution < -0.4 is 14.5 Å². The Morgan fingerprint density at radius 3 is 2.37 bits per heavy atom. The van der Waals surface area contributed by atoms with Gasteiger partial charge in [-0.3, -0.25) is 9.36 Å². The molecule has 9 heteroatoms. The monoisotopic (exact) mass is 447 g/mol. The first-order valence-electron chi connectivity index (χ1n) is 9.96. The number of nitrogens with zero attached hydrogens (tertiary/aromatic N) is 3. The van der Waals surface area contributed by atoms with Gasteiger partial charge in [-0.1, -0.05) is 18.3 Å².